The zero-order valence-electron chi connectivity index (χ0n) is 10.9. The van der Waals surface area contributed by atoms with E-state index in [0.29, 0.717) is 13.1 Å². The van der Waals surface area contributed by atoms with E-state index in [0.717, 1.165) is 6.42 Å². The van der Waals surface area contributed by atoms with Gasteiger partial charge in [0, 0.05) is 26.3 Å². The molecule has 20 heavy (non-hydrogen) atoms. The van der Waals surface area contributed by atoms with Crippen molar-refractivity contribution in [1.82, 2.24) is 25.0 Å². The molecule has 0 aromatic carbocycles. The monoisotopic (exact) mass is 278 g/mol. The van der Waals surface area contributed by atoms with Gasteiger partial charge in [-0.25, -0.2) is 9.97 Å². The van der Waals surface area contributed by atoms with Crippen LogP contribution in [0.3, 0.4) is 0 Å². The predicted molar refractivity (Wildman–Crippen MR) is 71.4 cm³/mol. The number of hydrogen-bond donors (Lipinski definition) is 2. The van der Waals surface area contributed by atoms with Gasteiger partial charge in [0.1, 0.15) is 6.33 Å². The molecule has 2 heterocycles. The van der Waals surface area contributed by atoms with E-state index in [1.165, 1.54) is 6.33 Å². The standard InChI is InChI=1S/C10H14N8O2/c1-11-9-8(18(19)20)10(14-7-13-9)12-3-2-5-17-6-4-15-16-17/h4,6-7H,2-3,5H2,1H3,(H2,11,12,13,14). The van der Waals surface area contributed by atoms with Crippen LogP contribution in [0, 0.1) is 10.1 Å². The molecule has 0 atom stereocenters. The van der Waals surface area contributed by atoms with Gasteiger partial charge in [0.25, 0.3) is 0 Å². The Morgan fingerprint density at radius 1 is 1.40 bits per heavy atom. The molecular formula is C10H14N8O2. The third kappa shape index (κ3) is 3.16. The van der Waals surface area contributed by atoms with Crippen molar-refractivity contribution in [1.29, 1.82) is 0 Å². The van der Waals surface area contributed by atoms with E-state index in [-0.39, 0.29) is 17.3 Å². The average molecular weight is 278 g/mol. The largest absolute Gasteiger partial charge is 0.367 e. The molecule has 10 nitrogen and oxygen atoms in total. The van der Waals surface area contributed by atoms with E-state index in [1.807, 2.05) is 0 Å². The topological polar surface area (TPSA) is 124 Å². The lowest BCUT2D eigenvalue weighted by Gasteiger charge is -2.08. The fraction of sp³-hybridized carbons (Fsp3) is 0.400. The number of nitrogens with zero attached hydrogens (tertiary/aromatic N) is 6. The third-order valence-corrected chi connectivity index (χ3v) is 2.57. The molecule has 2 aromatic rings. The van der Waals surface area contributed by atoms with Crippen LogP contribution < -0.4 is 10.6 Å². The van der Waals surface area contributed by atoms with E-state index in [1.54, 1.807) is 24.1 Å². The quantitative estimate of drug-likeness (QED) is 0.426. The summed E-state index contributed by atoms with van der Waals surface area (Å²) in [5, 5.41) is 24.2. The molecule has 0 aliphatic heterocycles. The highest BCUT2D eigenvalue weighted by Crippen LogP contribution is 2.28. The molecule has 2 aromatic heterocycles. The van der Waals surface area contributed by atoms with Crippen molar-refractivity contribution in [3.8, 4) is 0 Å². The Morgan fingerprint density at radius 3 is 2.85 bits per heavy atom. The van der Waals surface area contributed by atoms with Crippen LogP contribution in [0.25, 0.3) is 0 Å². The Bertz CT molecular complexity index is 571. The van der Waals surface area contributed by atoms with Gasteiger partial charge in [0.2, 0.25) is 11.6 Å². The number of aromatic nitrogens is 5. The van der Waals surface area contributed by atoms with Gasteiger partial charge in [-0.15, -0.1) is 5.10 Å². The number of anilines is 2. The number of rotatable bonds is 7. The highest BCUT2D eigenvalue weighted by atomic mass is 16.6. The summed E-state index contributed by atoms with van der Waals surface area (Å²) in [4.78, 5) is 18.3. The summed E-state index contributed by atoms with van der Waals surface area (Å²) in [5.74, 6) is 0.386. The summed E-state index contributed by atoms with van der Waals surface area (Å²) in [6.45, 7) is 1.20. The molecule has 0 saturated carbocycles. The van der Waals surface area contributed by atoms with Gasteiger partial charge < -0.3 is 10.6 Å². The molecule has 0 bridgehead atoms. The molecule has 0 fully saturated rings. The summed E-state index contributed by atoms with van der Waals surface area (Å²) >= 11 is 0. The minimum Gasteiger partial charge on any atom is -0.367 e. The summed E-state index contributed by atoms with van der Waals surface area (Å²) in [6, 6.07) is 0. The van der Waals surface area contributed by atoms with E-state index in [2.05, 4.69) is 30.9 Å². The molecule has 0 saturated heterocycles. The first-order chi connectivity index (χ1) is 9.72. The maximum absolute atomic E-state index is 11.0. The van der Waals surface area contributed by atoms with Gasteiger partial charge in [-0.1, -0.05) is 5.21 Å². The molecule has 0 aliphatic rings. The van der Waals surface area contributed by atoms with Crippen LogP contribution in [0.5, 0.6) is 0 Å². The van der Waals surface area contributed by atoms with Crippen molar-refractivity contribution in [2.24, 2.45) is 0 Å². The minimum absolute atomic E-state index is 0.157. The van der Waals surface area contributed by atoms with Crippen LogP contribution in [0.1, 0.15) is 6.42 Å². The number of nitrogens with one attached hydrogen (secondary N) is 2. The second kappa shape index (κ2) is 6.41. The van der Waals surface area contributed by atoms with E-state index < -0.39 is 4.92 Å². The van der Waals surface area contributed by atoms with Gasteiger partial charge in [-0.2, -0.15) is 0 Å². The van der Waals surface area contributed by atoms with Gasteiger partial charge in [0.15, 0.2) is 0 Å². The van der Waals surface area contributed by atoms with Crippen LogP contribution in [0.2, 0.25) is 0 Å². The van der Waals surface area contributed by atoms with Crippen LogP contribution in [0.15, 0.2) is 18.7 Å². The normalized spacial score (nSPS) is 10.2. The minimum atomic E-state index is -0.508. The lowest BCUT2D eigenvalue weighted by atomic mass is 10.4. The zero-order valence-corrected chi connectivity index (χ0v) is 10.9. The van der Waals surface area contributed by atoms with Gasteiger partial charge in [0.05, 0.1) is 11.1 Å². The number of aryl methyl sites for hydroxylation is 1. The van der Waals surface area contributed by atoms with Crippen LogP contribution in [-0.2, 0) is 6.54 Å². The fourth-order valence-electron chi connectivity index (χ4n) is 1.66. The third-order valence-electron chi connectivity index (χ3n) is 2.57. The predicted octanol–water partition coefficient (Wildman–Crippen LogP) is 0.520. The van der Waals surface area contributed by atoms with Crippen LogP contribution in [0.4, 0.5) is 17.3 Å². The first-order valence-corrected chi connectivity index (χ1v) is 5.97. The lowest BCUT2D eigenvalue weighted by Crippen LogP contribution is -2.11. The van der Waals surface area contributed by atoms with Crippen molar-refractivity contribution in [2.75, 3.05) is 24.2 Å². The highest BCUT2D eigenvalue weighted by Gasteiger charge is 2.21. The van der Waals surface area contributed by atoms with Crippen molar-refractivity contribution < 1.29 is 4.92 Å². The van der Waals surface area contributed by atoms with Crippen LogP contribution in [-0.4, -0.2) is 43.5 Å². The number of nitro groups is 1. The van der Waals surface area contributed by atoms with Crippen molar-refractivity contribution in [3.05, 3.63) is 28.8 Å². The van der Waals surface area contributed by atoms with Crippen LogP contribution >= 0.6 is 0 Å². The molecule has 0 radical (unpaired) electrons. The molecule has 0 unspecified atom stereocenters. The van der Waals surface area contributed by atoms with Crippen molar-refractivity contribution in [2.45, 2.75) is 13.0 Å². The SMILES string of the molecule is CNc1ncnc(NCCCn2ccnn2)c1[N+](=O)[O-]. The van der Waals surface area contributed by atoms with Gasteiger partial charge in [-0.3, -0.25) is 14.8 Å². The second-order valence-electron chi connectivity index (χ2n) is 3.87. The molecule has 2 rings (SSSR count). The maximum Gasteiger partial charge on any atom is 0.353 e. The first kappa shape index (κ1) is 13.6. The Morgan fingerprint density at radius 2 is 2.20 bits per heavy atom. The molecule has 0 amide bonds. The smallest absolute Gasteiger partial charge is 0.353 e. The summed E-state index contributed by atoms with van der Waals surface area (Å²) in [7, 11) is 1.57. The summed E-state index contributed by atoms with van der Waals surface area (Å²) < 4.78 is 1.69. The van der Waals surface area contributed by atoms with E-state index in [4.69, 9.17) is 0 Å². The fourth-order valence-corrected chi connectivity index (χ4v) is 1.66. The zero-order chi connectivity index (χ0) is 14.4. The molecule has 2 N–H and O–H groups in total. The maximum atomic E-state index is 11.0. The molecule has 106 valence electrons. The molecular weight excluding hydrogens is 264 g/mol. The highest BCUT2D eigenvalue weighted by molar-refractivity contribution is 5.68. The van der Waals surface area contributed by atoms with Gasteiger partial charge in [-0.05, 0) is 6.42 Å². The Hall–Kier alpha value is -2.78. The van der Waals surface area contributed by atoms with Crippen molar-refractivity contribution in [3.63, 3.8) is 0 Å². The Kier molecular flexibility index (Phi) is 4.37. The lowest BCUT2D eigenvalue weighted by molar-refractivity contribution is -0.383. The Labute approximate surface area is 114 Å². The number of hydrogen-bond acceptors (Lipinski definition) is 8. The van der Waals surface area contributed by atoms with Crippen molar-refractivity contribution >= 4 is 17.3 Å². The molecule has 0 spiro atoms. The summed E-state index contributed by atoms with van der Waals surface area (Å²) in [5.41, 5.74) is -0.157. The van der Waals surface area contributed by atoms with E-state index >= 15 is 0 Å². The molecule has 10 heteroatoms. The second-order valence-corrected chi connectivity index (χ2v) is 3.87. The Balaban J connectivity index is 1.96. The van der Waals surface area contributed by atoms with E-state index in [9.17, 15) is 10.1 Å². The average Bonchev–Trinajstić information content (AvgIpc) is 2.96. The first-order valence-electron chi connectivity index (χ1n) is 5.97. The summed E-state index contributed by atoms with van der Waals surface area (Å²) in [6.07, 6.45) is 5.37. The van der Waals surface area contributed by atoms with Gasteiger partial charge >= 0.3 is 5.69 Å². The molecule has 0 aliphatic carbocycles.